The molecule has 2 aromatic rings. The Morgan fingerprint density at radius 3 is 2.63 bits per heavy atom. The fourth-order valence-electron chi connectivity index (χ4n) is 3.05. The van der Waals surface area contributed by atoms with Crippen molar-refractivity contribution in [3.8, 4) is 0 Å². The first kappa shape index (κ1) is 18.9. The largest absolute Gasteiger partial charge is 0.383 e. The number of rotatable bonds is 7. The van der Waals surface area contributed by atoms with Crippen molar-refractivity contribution in [2.45, 2.75) is 13.3 Å². The minimum Gasteiger partial charge on any atom is -0.383 e. The van der Waals surface area contributed by atoms with Gasteiger partial charge >= 0.3 is 0 Å². The van der Waals surface area contributed by atoms with E-state index >= 15 is 0 Å². The lowest BCUT2D eigenvalue weighted by atomic mass is 10.1. The highest BCUT2D eigenvalue weighted by Gasteiger charge is 2.14. The van der Waals surface area contributed by atoms with Gasteiger partial charge in [-0.25, -0.2) is 0 Å². The third kappa shape index (κ3) is 5.31. The van der Waals surface area contributed by atoms with Crippen LogP contribution in [0, 0.1) is 0 Å². The van der Waals surface area contributed by atoms with Crippen molar-refractivity contribution >= 4 is 28.8 Å². The summed E-state index contributed by atoms with van der Waals surface area (Å²) in [5.41, 5.74) is 3.38. The van der Waals surface area contributed by atoms with Crippen LogP contribution in [0.25, 0.3) is 0 Å². The van der Waals surface area contributed by atoms with Crippen molar-refractivity contribution < 1.29 is 14.3 Å². The van der Waals surface area contributed by atoms with Crippen LogP contribution in [0.5, 0.6) is 0 Å². The maximum Gasteiger partial charge on any atom is 0.226 e. The van der Waals surface area contributed by atoms with Gasteiger partial charge in [0.2, 0.25) is 5.91 Å². The Hall–Kier alpha value is -2.86. The first-order valence-electron chi connectivity index (χ1n) is 9.20. The van der Waals surface area contributed by atoms with Gasteiger partial charge in [0.1, 0.15) is 0 Å². The van der Waals surface area contributed by atoms with Gasteiger partial charge in [-0.2, -0.15) is 0 Å². The van der Waals surface area contributed by atoms with E-state index in [9.17, 15) is 9.59 Å². The molecule has 0 aliphatic carbocycles. The normalized spacial score (nSPS) is 13.9. The molecular weight excluding hydrogens is 342 g/mol. The van der Waals surface area contributed by atoms with Crippen molar-refractivity contribution in [1.82, 2.24) is 0 Å². The summed E-state index contributed by atoms with van der Waals surface area (Å²) in [6.07, 6.45) is 0.335. The highest BCUT2D eigenvalue weighted by molar-refractivity contribution is 5.97. The standard InChI is InChI=1S/C21H25N3O3/c1-16(25)17-5-4-6-18(15-17)23-21(26)9-10-22-19-7-2-3-8-20(19)24-11-13-27-14-12-24/h2-8,15,22H,9-14H2,1H3,(H,23,26). The molecule has 1 aliphatic heterocycles. The van der Waals surface area contributed by atoms with Crippen molar-refractivity contribution in [3.63, 3.8) is 0 Å². The monoisotopic (exact) mass is 367 g/mol. The molecule has 0 saturated carbocycles. The van der Waals surface area contributed by atoms with Crippen molar-refractivity contribution in [2.75, 3.05) is 48.4 Å². The van der Waals surface area contributed by atoms with Crippen LogP contribution in [0.3, 0.4) is 0 Å². The SMILES string of the molecule is CC(=O)c1cccc(NC(=O)CCNc2ccccc2N2CCOCC2)c1. The summed E-state index contributed by atoms with van der Waals surface area (Å²) in [6, 6.07) is 15.1. The van der Waals surface area contributed by atoms with Gasteiger partial charge in [0.15, 0.2) is 5.78 Å². The maximum absolute atomic E-state index is 12.2. The third-order valence-electron chi connectivity index (χ3n) is 4.48. The molecule has 1 fully saturated rings. The molecule has 0 atom stereocenters. The summed E-state index contributed by atoms with van der Waals surface area (Å²) in [7, 11) is 0. The van der Waals surface area contributed by atoms with E-state index in [0.717, 1.165) is 37.7 Å². The second-order valence-electron chi connectivity index (χ2n) is 6.48. The number of carbonyl (C=O) groups excluding carboxylic acids is 2. The molecule has 1 saturated heterocycles. The molecule has 6 nitrogen and oxygen atoms in total. The summed E-state index contributed by atoms with van der Waals surface area (Å²) < 4.78 is 5.42. The zero-order chi connectivity index (χ0) is 19.1. The Morgan fingerprint density at radius 2 is 1.85 bits per heavy atom. The Labute approximate surface area is 159 Å². The molecule has 0 bridgehead atoms. The van der Waals surface area contributed by atoms with Crippen LogP contribution < -0.4 is 15.5 Å². The fourth-order valence-corrected chi connectivity index (χ4v) is 3.05. The van der Waals surface area contributed by atoms with Gasteiger partial charge in [0, 0.05) is 37.3 Å². The van der Waals surface area contributed by atoms with Crippen LogP contribution in [0.4, 0.5) is 17.1 Å². The molecule has 3 rings (SSSR count). The van der Waals surface area contributed by atoms with Gasteiger partial charge in [-0.1, -0.05) is 24.3 Å². The number of carbonyl (C=O) groups is 2. The molecule has 1 heterocycles. The number of morpholine rings is 1. The van der Waals surface area contributed by atoms with Crippen LogP contribution >= 0.6 is 0 Å². The van der Waals surface area contributed by atoms with Gasteiger partial charge in [-0.05, 0) is 31.2 Å². The minimum absolute atomic E-state index is 0.0208. The summed E-state index contributed by atoms with van der Waals surface area (Å²) >= 11 is 0. The predicted molar refractivity (Wildman–Crippen MR) is 108 cm³/mol. The second kappa shape index (κ2) is 9.19. The number of ketones is 1. The lowest BCUT2D eigenvalue weighted by Crippen LogP contribution is -2.36. The number of hydrogen-bond acceptors (Lipinski definition) is 5. The van der Waals surface area contributed by atoms with Crippen molar-refractivity contribution in [2.24, 2.45) is 0 Å². The Kier molecular flexibility index (Phi) is 6.44. The number of anilines is 3. The number of Topliss-reactive ketones (excluding diaryl/α,β-unsaturated/α-hetero) is 1. The van der Waals surface area contributed by atoms with Gasteiger partial charge in [-0.3, -0.25) is 9.59 Å². The van der Waals surface area contributed by atoms with Crippen LogP contribution in [0.1, 0.15) is 23.7 Å². The molecule has 1 amide bonds. The number of nitrogens with zero attached hydrogens (tertiary/aromatic N) is 1. The van der Waals surface area contributed by atoms with Gasteiger partial charge in [0.25, 0.3) is 0 Å². The number of benzene rings is 2. The van der Waals surface area contributed by atoms with Crippen LogP contribution in [0.15, 0.2) is 48.5 Å². The van der Waals surface area contributed by atoms with Gasteiger partial charge in [0.05, 0.1) is 24.6 Å². The van der Waals surface area contributed by atoms with Crippen LogP contribution in [-0.2, 0) is 9.53 Å². The number of hydrogen-bond donors (Lipinski definition) is 2. The molecule has 0 unspecified atom stereocenters. The number of ether oxygens (including phenoxy) is 1. The van der Waals surface area contributed by atoms with E-state index in [1.165, 1.54) is 6.92 Å². The quantitative estimate of drug-likeness (QED) is 0.736. The zero-order valence-electron chi connectivity index (χ0n) is 15.5. The third-order valence-corrected chi connectivity index (χ3v) is 4.48. The molecular formula is C21H25N3O3. The molecule has 27 heavy (non-hydrogen) atoms. The first-order chi connectivity index (χ1) is 13.1. The van der Waals surface area contributed by atoms with E-state index in [0.29, 0.717) is 24.2 Å². The zero-order valence-corrected chi connectivity index (χ0v) is 15.5. The minimum atomic E-state index is -0.0907. The molecule has 6 heteroatoms. The smallest absolute Gasteiger partial charge is 0.226 e. The molecule has 2 N–H and O–H groups in total. The lowest BCUT2D eigenvalue weighted by molar-refractivity contribution is -0.115. The van der Waals surface area contributed by atoms with E-state index in [4.69, 9.17) is 4.74 Å². The average molecular weight is 367 g/mol. The molecule has 0 aromatic heterocycles. The van der Waals surface area contributed by atoms with E-state index in [2.05, 4.69) is 21.6 Å². The van der Waals surface area contributed by atoms with Gasteiger partial charge in [-0.15, -0.1) is 0 Å². The first-order valence-corrected chi connectivity index (χ1v) is 9.20. The van der Waals surface area contributed by atoms with E-state index in [1.54, 1.807) is 24.3 Å². The molecule has 1 aliphatic rings. The average Bonchev–Trinajstić information content (AvgIpc) is 2.69. The topological polar surface area (TPSA) is 70.7 Å². The van der Waals surface area contributed by atoms with Crippen LogP contribution in [0.2, 0.25) is 0 Å². The molecule has 0 radical (unpaired) electrons. The number of amides is 1. The lowest BCUT2D eigenvalue weighted by Gasteiger charge is -2.30. The van der Waals surface area contributed by atoms with Gasteiger partial charge < -0.3 is 20.3 Å². The van der Waals surface area contributed by atoms with Crippen molar-refractivity contribution in [1.29, 1.82) is 0 Å². The summed E-state index contributed by atoms with van der Waals surface area (Å²) in [4.78, 5) is 25.9. The summed E-state index contributed by atoms with van der Waals surface area (Å²) in [5.74, 6) is -0.112. The number of para-hydroxylation sites is 2. The number of nitrogens with one attached hydrogen (secondary N) is 2. The highest BCUT2D eigenvalue weighted by Crippen LogP contribution is 2.26. The van der Waals surface area contributed by atoms with Crippen molar-refractivity contribution in [3.05, 3.63) is 54.1 Å². The van der Waals surface area contributed by atoms with Crippen LogP contribution in [-0.4, -0.2) is 44.5 Å². The molecule has 2 aromatic carbocycles. The second-order valence-corrected chi connectivity index (χ2v) is 6.48. The summed E-state index contributed by atoms with van der Waals surface area (Å²) in [5, 5.41) is 6.20. The molecule has 142 valence electrons. The Morgan fingerprint density at radius 1 is 1.07 bits per heavy atom. The fraction of sp³-hybridized carbons (Fsp3) is 0.333. The Balaban J connectivity index is 1.53. The highest BCUT2D eigenvalue weighted by atomic mass is 16.5. The summed E-state index contributed by atoms with van der Waals surface area (Å²) in [6.45, 7) is 5.24. The Bertz CT molecular complexity index is 801. The predicted octanol–water partition coefficient (Wildman–Crippen LogP) is 3.17. The van der Waals surface area contributed by atoms with E-state index < -0.39 is 0 Å². The molecule has 0 spiro atoms. The van der Waals surface area contributed by atoms with E-state index in [1.807, 2.05) is 18.2 Å². The maximum atomic E-state index is 12.2. The van der Waals surface area contributed by atoms with E-state index in [-0.39, 0.29) is 11.7 Å².